The van der Waals surface area contributed by atoms with E-state index >= 15 is 0 Å². The van der Waals surface area contributed by atoms with E-state index in [0.29, 0.717) is 13.1 Å². The zero-order valence-corrected chi connectivity index (χ0v) is 14.5. The van der Waals surface area contributed by atoms with Gasteiger partial charge >= 0.3 is 152 Å². The number of carbonyl (C=O) groups excluding carboxylic acids is 2. The molecule has 0 bridgehead atoms. The second-order valence-corrected chi connectivity index (χ2v) is 6.61. The van der Waals surface area contributed by atoms with Crippen LogP contribution in [0, 0.1) is 0 Å². The molecule has 0 radical (unpaired) electrons. The molecule has 0 heterocycles. The molecule has 0 saturated heterocycles. The molecular weight excluding hydrogens is 367 g/mol. The summed E-state index contributed by atoms with van der Waals surface area (Å²) in [5.74, 6) is -0.686. The zero-order chi connectivity index (χ0) is 18.1. The summed E-state index contributed by atoms with van der Waals surface area (Å²) in [5.41, 5.74) is 0.516. The third-order valence-electron chi connectivity index (χ3n) is 3.27. The van der Waals surface area contributed by atoms with E-state index in [9.17, 15) is 19.8 Å². The van der Waals surface area contributed by atoms with E-state index in [1.165, 1.54) is 12.1 Å². The molecule has 0 aliphatic carbocycles. The third-order valence-corrected chi connectivity index (χ3v) is 4.53. The van der Waals surface area contributed by atoms with Gasteiger partial charge in [-0.05, 0) is 0 Å². The number of nitrogens with one attached hydrogen (secondary N) is 2. The zero-order valence-electron chi connectivity index (χ0n) is 13.5. The topological polar surface area (TPSA) is 98.7 Å². The molecule has 2 rings (SSSR count). The van der Waals surface area contributed by atoms with Gasteiger partial charge in [0.25, 0.3) is 0 Å². The summed E-state index contributed by atoms with van der Waals surface area (Å²) >= 11 is 1.12. The number of hydrogen-bond donors (Lipinski definition) is 4. The Morgan fingerprint density at radius 2 is 1.16 bits per heavy atom. The summed E-state index contributed by atoms with van der Waals surface area (Å²) in [4.78, 5) is 23.8. The molecule has 7 heteroatoms. The molecule has 4 N–H and O–H groups in total. The van der Waals surface area contributed by atoms with Gasteiger partial charge in [-0.3, -0.25) is 0 Å². The number of aromatic hydroxyl groups is 2. The van der Waals surface area contributed by atoms with Crippen molar-refractivity contribution in [1.29, 1.82) is 0 Å². The van der Waals surface area contributed by atoms with Gasteiger partial charge in [0.2, 0.25) is 0 Å². The first-order chi connectivity index (χ1) is 12.1. The quantitative estimate of drug-likeness (QED) is 0.522. The Morgan fingerprint density at radius 3 is 1.56 bits per heavy atom. The van der Waals surface area contributed by atoms with Crippen molar-refractivity contribution in [3.63, 3.8) is 0 Å². The van der Waals surface area contributed by atoms with Crippen LogP contribution in [0.4, 0.5) is 0 Å². The average molecular weight is 387 g/mol. The van der Waals surface area contributed by atoms with Crippen LogP contribution in [0.1, 0.15) is 20.7 Å². The first kappa shape index (κ1) is 18.8. The van der Waals surface area contributed by atoms with Crippen LogP contribution in [0.5, 0.6) is 11.5 Å². The molecule has 0 fully saturated rings. The molecular formula is C18H20CoN2O4. The van der Waals surface area contributed by atoms with Crippen molar-refractivity contribution < 1.29 is 34.5 Å². The van der Waals surface area contributed by atoms with Crippen LogP contribution in [-0.4, -0.2) is 35.1 Å². The first-order valence-corrected chi connectivity index (χ1v) is 9.16. The van der Waals surface area contributed by atoms with Crippen molar-refractivity contribution >= 4 is 11.8 Å². The maximum absolute atomic E-state index is 11.9. The molecule has 0 spiro atoms. The van der Waals surface area contributed by atoms with Gasteiger partial charge in [-0.1, -0.05) is 0 Å². The summed E-state index contributed by atoms with van der Waals surface area (Å²) in [6, 6.07) is 12.8. The molecule has 0 atom stereocenters. The second kappa shape index (κ2) is 9.70. The molecule has 0 aliphatic heterocycles. The number of hydrogen-bond acceptors (Lipinski definition) is 4. The van der Waals surface area contributed by atoms with E-state index in [4.69, 9.17) is 0 Å². The fourth-order valence-electron chi connectivity index (χ4n) is 2.03. The van der Waals surface area contributed by atoms with Crippen molar-refractivity contribution in [2.45, 2.75) is 10.7 Å². The van der Waals surface area contributed by atoms with Crippen molar-refractivity contribution in [2.75, 3.05) is 13.1 Å². The van der Waals surface area contributed by atoms with Crippen LogP contribution in [0.25, 0.3) is 0 Å². The standard InChI is InChI=1S/2C9H10NO2.Co/c2*1-2-10-9(12)7-5-3-4-6-8(7)11;/h2*3-6,11H,1-2H2,(H,10,12);. The Morgan fingerprint density at radius 1 is 0.760 bits per heavy atom. The molecule has 0 aliphatic rings. The Bertz CT molecular complexity index is 675. The van der Waals surface area contributed by atoms with E-state index in [-0.39, 0.29) is 34.4 Å². The predicted octanol–water partition coefficient (Wildman–Crippen LogP) is 2.18. The van der Waals surface area contributed by atoms with Crippen LogP contribution in [0.2, 0.25) is 10.7 Å². The van der Waals surface area contributed by atoms with Gasteiger partial charge in [-0.15, -0.1) is 0 Å². The maximum atomic E-state index is 11.9. The van der Waals surface area contributed by atoms with E-state index in [2.05, 4.69) is 10.6 Å². The SMILES string of the molecule is O=C(NC[CH2][Co][CH2]CNC(=O)c1ccccc1O)c1ccccc1O. The van der Waals surface area contributed by atoms with Crippen molar-refractivity contribution in [3.8, 4) is 11.5 Å². The summed E-state index contributed by atoms with van der Waals surface area (Å²) in [7, 11) is 0. The Hall–Kier alpha value is -2.51. The third kappa shape index (κ3) is 5.81. The number of benzene rings is 2. The first-order valence-electron chi connectivity index (χ1n) is 7.69. The van der Waals surface area contributed by atoms with Crippen molar-refractivity contribution in [3.05, 3.63) is 59.7 Å². The molecule has 0 unspecified atom stereocenters. The minimum absolute atomic E-state index is 0.0379. The number of amides is 2. The van der Waals surface area contributed by atoms with Crippen LogP contribution in [0.15, 0.2) is 48.5 Å². The van der Waals surface area contributed by atoms with E-state index in [1.54, 1.807) is 36.4 Å². The van der Waals surface area contributed by atoms with Gasteiger partial charge in [-0.25, -0.2) is 0 Å². The van der Waals surface area contributed by atoms with E-state index in [1.807, 2.05) is 0 Å². The average Bonchev–Trinajstić information content (AvgIpc) is 2.61. The molecule has 2 aromatic carbocycles. The summed E-state index contributed by atoms with van der Waals surface area (Å²) in [6.07, 6.45) is 0. The van der Waals surface area contributed by atoms with Crippen LogP contribution >= 0.6 is 0 Å². The summed E-state index contributed by atoms with van der Waals surface area (Å²) in [6.45, 7) is 0.973. The molecule has 0 aromatic heterocycles. The van der Waals surface area contributed by atoms with Crippen LogP contribution < -0.4 is 10.6 Å². The fourth-order valence-corrected chi connectivity index (χ4v) is 2.92. The van der Waals surface area contributed by atoms with Gasteiger partial charge in [0.15, 0.2) is 0 Å². The van der Waals surface area contributed by atoms with Gasteiger partial charge in [0.1, 0.15) is 0 Å². The van der Waals surface area contributed by atoms with Gasteiger partial charge in [0.05, 0.1) is 0 Å². The Kier molecular flexibility index (Phi) is 7.30. The number of phenols is 2. The Balaban J connectivity index is 1.60. The fraction of sp³-hybridized carbons (Fsp3) is 0.222. The number of carbonyl (C=O) groups is 2. The number of phenolic OH excluding ortho intramolecular Hbond substituents is 2. The van der Waals surface area contributed by atoms with Crippen LogP contribution in [0.3, 0.4) is 0 Å². The second-order valence-electron chi connectivity index (χ2n) is 5.05. The van der Waals surface area contributed by atoms with Gasteiger partial charge < -0.3 is 0 Å². The Labute approximate surface area is 152 Å². The van der Waals surface area contributed by atoms with Gasteiger partial charge in [-0.2, -0.15) is 0 Å². The molecule has 6 nitrogen and oxygen atoms in total. The number of rotatable bonds is 8. The molecule has 135 valence electrons. The molecule has 2 aromatic rings. The van der Waals surface area contributed by atoms with Crippen LogP contribution in [-0.2, 0) is 14.7 Å². The molecule has 25 heavy (non-hydrogen) atoms. The van der Waals surface area contributed by atoms with Crippen molar-refractivity contribution in [2.24, 2.45) is 0 Å². The minimum atomic E-state index is -0.305. The van der Waals surface area contributed by atoms with E-state index < -0.39 is 0 Å². The number of para-hydroxylation sites is 2. The normalized spacial score (nSPS) is 10.4. The van der Waals surface area contributed by atoms with E-state index in [0.717, 1.165) is 25.4 Å². The van der Waals surface area contributed by atoms with Gasteiger partial charge in [0, 0.05) is 0 Å². The molecule has 0 saturated carbocycles. The summed E-state index contributed by atoms with van der Waals surface area (Å²) in [5, 5.41) is 26.2. The van der Waals surface area contributed by atoms with Crippen molar-refractivity contribution in [1.82, 2.24) is 10.6 Å². The monoisotopic (exact) mass is 387 g/mol. The summed E-state index contributed by atoms with van der Waals surface area (Å²) < 4.78 is 0. The molecule has 2 amide bonds. The predicted molar refractivity (Wildman–Crippen MR) is 90.5 cm³/mol.